The molecule has 0 aliphatic carbocycles. The maximum absolute atomic E-state index is 11.1. The molecule has 0 atom stereocenters. The van der Waals surface area contributed by atoms with Crippen LogP contribution in [0.1, 0.15) is 16.9 Å². The lowest BCUT2D eigenvalue weighted by Crippen LogP contribution is -1.89. The normalized spacial score (nSPS) is 11.4. The number of nitriles is 1. The zero-order valence-electron chi connectivity index (χ0n) is 15.6. The third-order valence-electron chi connectivity index (χ3n) is 4.79. The number of rotatable bonds is 4. The number of nitrogens with zero attached hydrogens (tertiary/aromatic N) is 2. The number of hydrogen-bond donors (Lipinski definition) is 0. The van der Waals surface area contributed by atoms with E-state index in [1.807, 2.05) is 49.4 Å². The van der Waals surface area contributed by atoms with E-state index in [-0.39, 0.29) is 5.69 Å². The van der Waals surface area contributed by atoms with Gasteiger partial charge in [0.15, 0.2) is 0 Å². The van der Waals surface area contributed by atoms with Gasteiger partial charge in [-0.2, -0.15) is 5.26 Å². The molecule has 0 saturated carbocycles. The number of non-ortho nitro benzene ring substituents is 1. The summed E-state index contributed by atoms with van der Waals surface area (Å²) in [4.78, 5) is 10.6. The van der Waals surface area contributed by atoms with Crippen molar-refractivity contribution in [2.75, 3.05) is 0 Å². The summed E-state index contributed by atoms with van der Waals surface area (Å²) >= 11 is 0. The minimum Gasteiger partial charge on any atom is -0.457 e. The maximum Gasteiger partial charge on any atom is 0.270 e. The van der Waals surface area contributed by atoms with Crippen molar-refractivity contribution >= 4 is 28.1 Å². The number of aryl methyl sites for hydroxylation is 1. The van der Waals surface area contributed by atoms with Gasteiger partial charge in [-0.1, -0.05) is 42.5 Å². The van der Waals surface area contributed by atoms with Crippen LogP contribution in [0, 0.1) is 28.4 Å². The summed E-state index contributed by atoms with van der Waals surface area (Å²) in [5.74, 6) is 1.03. The van der Waals surface area contributed by atoms with Crippen LogP contribution in [0.4, 0.5) is 5.69 Å². The third kappa shape index (κ3) is 3.64. The van der Waals surface area contributed by atoms with E-state index in [0.717, 1.165) is 21.9 Å². The number of allylic oxidation sites excluding steroid dienone is 1. The fraction of sp³-hybridized carbons (Fsp3) is 0.0417. The second-order valence-electron chi connectivity index (χ2n) is 6.69. The topological polar surface area (TPSA) is 80.1 Å². The smallest absolute Gasteiger partial charge is 0.270 e. The molecule has 0 aliphatic heterocycles. The largest absolute Gasteiger partial charge is 0.457 e. The first-order valence-electron chi connectivity index (χ1n) is 9.01. The van der Waals surface area contributed by atoms with Gasteiger partial charge >= 0.3 is 0 Å². The van der Waals surface area contributed by atoms with Crippen molar-refractivity contribution in [3.05, 3.63) is 99.8 Å². The predicted octanol–water partition coefficient (Wildman–Crippen LogP) is 6.38. The van der Waals surface area contributed by atoms with Crippen molar-refractivity contribution in [1.29, 1.82) is 5.26 Å². The Bertz CT molecular complexity index is 1310. The standard InChI is InChI=1S/C24H16N2O3/c1-16-6-9-21(26(27)28)14-23(16)24-11-10-22(29-24)13-20(15-25)19-8-7-17-4-2-3-5-18(17)12-19/h2-14H,1H3/b20-13-. The molecule has 0 unspecified atom stereocenters. The first-order chi connectivity index (χ1) is 14.0. The number of furan rings is 1. The van der Waals surface area contributed by atoms with E-state index >= 15 is 0 Å². The molecule has 0 amide bonds. The Balaban J connectivity index is 1.71. The van der Waals surface area contributed by atoms with Crippen LogP contribution in [0.3, 0.4) is 0 Å². The van der Waals surface area contributed by atoms with Crippen molar-refractivity contribution in [3.8, 4) is 17.4 Å². The van der Waals surface area contributed by atoms with E-state index in [9.17, 15) is 15.4 Å². The van der Waals surface area contributed by atoms with Crippen LogP contribution in [0.25, 0.3) is 33.7 Å². The van der Waals surface area contributed by atoms with Crippen LogP contribution in [-0.2, 0) is 0 Å². The van der Waals surface area contributed by atoms with E-state index in [0.29, 0.717) is 22.7 Å². The third-order valence-corrected chi connectivity index (χ3v) is 4.79. The Morgan fingerprint density at radius 2 is 1.83 bits per heavy atom. The zero-order chi connectivity index (χ0) is 20.4. The molecule has 3 aromatic carbocycles. The molecule has 4 rings (SSSR count). The summed E-state index contributed by atoms with van der Waals surface area (Å²) < 4.78 is 5.88. The monoisotopic (exact) mass is 380 g/mol. The summed E-state index contributed by atoms with van der Waals surface area (Å²) in [6.07, 6.45) is 1.68. The quantitative estimate of drug-likeness (QED) is 0.234. The second-order valence-corrected chi connectivity index (χ2v) is 6.69. The van der Waals surface area contributed by atoms with Gasteiger partial charge in [0.05, 0.1) is 16.6 Å². The van der Waals surface area contributed by atoms with Crippen LogP contribution < -0.4 is 0 Å². The van der Waals surface area contributed by atoms with Crippen LogP contribution in [0.5, 0.6) is 0 Å². The van der Waals surface area contributed by atoms with E-state index in [2.05, 4.69) is 6.07 Å². The summed E-state index contributed by atoms with van der Waals surface area (Å²) in [7, 11) is 0. The molecule has 1 aromatic heterocycles. The molecule has 4 aromatic rings. The lowest BCUT2D eigenvalue weighted by molar-refractivity contribution is -0.384. The van der Waals surface area contributed by atoms with Crippen molar-refractivity contribution in [2.24, 2.45) is 0 Å². The first kappa shape index (κ1) is 18.2. The molecule has 5 nitrogen and oxygen atoms in total. The van der Waals surface area contributed by atoms with E-state index in [4.69, 9.17) is 4.42 Å². The predicted molar refractivity (Wildman–Crippen MR) is 113 cm³/mol. The SMILES string of the molecule is Cc1ccc([N+](=O)[O-])cc1-c1ccc(/C=C(/C#N)c2ccc3ccccc3c2)o1. The molecule has 140 valence electrons. The molecular weight excluding hydrogens is 364 g/mol. The van der Waals surface area contributed by atoms with Crippen molar-refractivity contribution in [2.45, 2.75) is 6.92 Å². The van der Waals surface area contributed by atoms with Crippen molar-refractivity contribution in [3.63, 3.8) is 0 Å². The van der Waals surface area contributed by atoms with Gasteiger partial charge in [-0.3, -0.25) is 10.1 Å². The lowest BCUT2D eigenvalue weighted by atomic mass is 10.0. The average molecular weight is 380 g/mol. The molecular formula is C24H16N2O3. The number of nitro groups is 1. The fourth-order valence-electron chi connectivity index (χ4n) is 3.24. The van der Waals surface area contributed by atoms with Gasteiger partial charge in [0.1, 0.15) is 11.5 Å². The molecule has 0 radical (unpaired) electrons. The number of nitro benzene ring substituents is 1. The van der Waals surface area contributed by atoms with E-state index < -0.39 is 4.92 Å². The highest BCUT2D eigenvalue weighted by Gasteiger charge is 2.13. The minimum atomic E-state index is -0.430. The average Bonchev–Trinajstić information content (AvgIpc) is 3.20. The van der Waals surface area contributed by atoms with Crippen molar-refractivity contribution < 1.29 is 9.34 Å². The molecule has 0 spiro atoms. The van der Waals surface area contributed by atoms with Gasteiger partial charge < -0.3 is 4.42 Å². The Labute approximate surface area is 167 Å². The van der Waals surface area contributed by atoms with E-state index in [1.54, 1.807) is 24.3 Å². The Morgan fingerprint density at radius 1 is 1.03 bits per heavy atom. The van der Waals surface area contributed by atoms with Crippen molar-refractivity contribution in [1.82, 2.24) is 0 Å². The van der Waals surface area contributed by atoms with Crippen LogP contribution in [-0.4, -0.2) is 4.92 Å². The van der Waals surface area contributed by atoms with Crippen LogP contribution in [0.15, 0.2) is 77.2 Å². The highest BCUT2D eigenvalue weighted by Crippen LogP contribution is 2.30. The van der Waals surface area contributed by atoms with Gasteiger partial charge in [-0.25, -0.2) is 0 Å². The van der Waals surface area contributed by atoms with Crippen LogP contribution in [0.2, 0.25) is 0 Å². The Hall–Kier alpha value is -4.17. The molecule has 1 heterocycles. The lowest BCUT2D eigenvalue weighted by Gasteiger charge is -2.03. The molecule has 0 N–H and O–H groups in total. The highest BCUT2D eigenvalue weighted by atomic mass is 16.6. The summed E-state index contributed by atoms with van der Waals surface area (Å²) in [6, 6.07) is 24.2. The van der Waals surface area contributed by atoms with Gasteiger partial charge in [0.25, 0.3) is 5.69 Å². The second kappa shape index (κ2) is 7.45. The number of fused-ring (bicyclic) bond motifs is 1. The number of benzene rings is 3. The summed E-state index contributed by atoms with van der Waals surface area (Å²) in [5.41, 5.74) is 2.81. The van der Waals surface area contributed by atoms with Gasteiger partial charge in [0, 0.05) is 17.7 Å². The minimum absolute atomic E-state index is 0.00738. The van der Waals surface area contributed by atoms with Gasteiger partial charge in [-0.15, -0.1) is 0 Å². The van der Waals surface area contributed by atoms with Crippen LogP contribution >= 0.6 is 0 Å². The molecule has 29 heavy (non-hydrogen) atoms. The van der Waals surface area contributed by atoms with Gasteiger partial charge in [0.2, 0.25) is 0 Å². The number of hydrogen-bond acceptors (Lipinski definition) is 4. The molecule has 0 aliphatic rings. The Kier molecular flexibility index (Phi) is 4.68. The Morgan fingerprint density at radius 3 is 2.59 bits per heavy atom. The van der Waals surface area contributed by atoms with E-state index in [1.165, 1.54) is 12.1 Å². The van der Waals surface area contributed by atoms with Gasteiger partial charge in [-0.05, 0) is 53.1 Å². The molecule has 0 fully saturated rings. The zero-order valence-corrected chi connectivity index (χ0v) is 15.6. The molecule has 5 heteroatoms. The first-order valence-corrected chi connectivity index (χ1v) is 9.01. The maximum atomic E-state index is 11.1. The highest BCUT2D eigenvalue weighted by molar-refractivity contribution is 5.93. The molecule has 0 bridgehead atoms. The summed E-state index contributed by atoms with van der Waals surface area (Å²) in [6.45, 7) is 1.87. The fourth-order valence-corrected chi connectivity index (χ4v) is 3.24. The summed E-state index contributed by atoms with van der Waals surface area (Å²) in [5, 5.41) is 22.9. The molecule has 0 saturated heterocycles.